The highest BCUT2D eigenvalue weighted by molar-refractivity contribution is 7.61. The van der Waals surface area contributed by atoms with Gasteiger partial charge in [0.15, 0.2) is 17.7 Å². The van der Waals surface area contributed by atoms with Gasteiger partial charge in [-0.05, 0) is 76.3 Å². The van der Waals surface area contributed by atoms with E-state index in [9.17, 15) is 67.8 Å². The lowest BCUT2D eigenvalue weighted by molar-refractivity contribution is -0.147. The van der Waals surface area contributed by atoms with E-state index >= 15 is 0 Å². The highest BCUT2D eigenvalue weighted by Gasteiger charge is 2.51. The van der Waals surface area contributed by atoms with E-state index in [1.807, 2.05) is 0 Å². The topological polar surface area (TPSA) is 401 Å². The molecular formula is C44H68N7O19P3. The average molecular weight is 1090 g/mol. The number of ether oxygens (including phenoxy) is 1. The molecule has 0 bridgehead atoms. The van der Waals surface area contributed by atoms with E-state index < -0.39 is 95.9 Å². The van der Waals surface area contributed by atoms with Crippen LogP contribution < -0.4 is 16.4 Å². The number of phosphoric ester groups is 3. The minimum absolute atomic E-state index is 0.0261. The van der Waals surface area contributed by atoms with Crippen LogP contribution in [0.1, 0.15) is 116 Å². The van der Waals surface area contributed by atoms with E-state index in [0.717, 1.165) is 81.4 Å². The molecule has 1 aromatic carbocycles. The van der Waals surface area contributed by atoms with Gasteiger partial charge in [0, 0.05) is 36.8 Å². The Labute approximate surface area is 421 Å². The van der Waals surface area contributed by atoms with E-state index in [1.165, 1.54) is 25.0 Å². The van der Waals surface area contributed by atoms with E-state index in [-0.39, 0.29) is 54.1 Å². The van der Waals surface area contributed by atoms with E-state index in [1.54, 1.807) is 13.8 Å². The van der Waals surface area contributed by atoms with Gasteiger partial charge in [-0.2, -0.15) is 4.31 Å². The van der Waals surface area contributed by atoms with Crippen LogP contribution in [0, 0.1) is 16.2 Å². The van der Waals surface area contributed by atoms with Crippen molar-refractivity contribution in [3.63, 3.8) is 0 Å². The van der Waals surface area contributed by atoms with Crippen molar-refractivity contribution in [2.45, 2.75) is 142 Å². The number of fused-ring (bicyclic) bond motifs is 1. The van der Waals surface area contributed by atoms with Gasteiger partial charge in [-0.1, -0.05) is 57.4 Å². The van der Waals surface area contributed by atoms with Crippen LogP contribution in [-0.2, 0) is 68.3 Å². The molecule has 2 aromatic heterocycles. The standard InChI is InChI=1S/C44H68N7O19P3/c1-42(2,41(57)58)17-8-5-6-11-28-13-10-14-29(23-28)12-7-9-18-44(19-20-44)31(52)15-21-46-32(53)16-22-47-39(56)36(55)43(3,4)25-67-73(64,65)70-72(62,63)66-24-30-35(69-71(59,60)61)34(54)40(68-30)51-27-50-33-37(45)48-26-49-38(33)51/h10,13-14,23,26-27,30,34-36,40,54-55H,5-9,11-12,15-22,24-25H2,1-4H3,(H,46,53)(H,47,56)(H,57,58)(H,62,63)(H,64,65)(H2,45,48,49)(H2,59,60,61). The van der Waals surface area contributed by atoms with E-state index in [2.05, 4.69) is 58.7 Å². The Bertz CT molecular complexity index is 2550. The number of hydrogen-bond acceptors (Lipinski definition) is 18. The molecule has 1 aliphatic carbocycles. The van der Waals surface area contributed by atoms with Gasteiger partial charge in [0.1, 0.15) is 42.0 Å². The molecule has 1 saturated heterocycles. The number of amides is 2. The second-order valence-corrected chi connectivity index (χ2v) is 24.0. The SMILES string of the molecule is CC(C)(CCCCCc1cccc(CCCCC2(C(=O)CCNC(=O)CCNC(=O)C(O)C(C)(C)COP(=O)(O)OP(=O)(O)OCC3OC(n4cnc5c(N)ncnc54)C(O)C3OP(=O)(O)O)CC2)c1)C(=O)O. The Balaban J connectivity index is 0.968. The number of anilines is 1. The number of carbonyl (C=O) groups excluding carboxylic acids is 3. The number of hydrogen-bond donors (Lipinski definition) is 10. The minimum Gasteiger partial charge on any atom is -0.481 e. The first-order valence-electron chi connectivity index (χ1n) is 23.8. The number of phosphoric acid groups is 3. The summed E-state index contributed by atoms with van der Waals surface area (Å²) in [7, 11) is -16.5. The third-order valence-corrected chi connectivity index (χ3v) is 16.0. The molecule has 73 heavy (non-hydrogen) atoms. The Morgan fingerprint density at radius 2 is 1.55 bits per heavy atom. The number of carbonyl (C=O) groups is 4. The van der Waals surface area contributed by atoms with Crippen molar-refractivity contribution in [1.29, 1.82) is 0 Å². The summed E-state index contributed by atoms with van der Waals surface area (Å²) in [6.45, 7) is 3.87. The molecule has 7 unspecified atom stereocenters. The van der Waals surface area contributed by atoms with Crippen LogP contribution in [0.25, 0.3) is 11.2 Å². The summed E-state index contributed by atoms with van der Waals surface area (Å²) < 4.78 is 62.6. The number of ketones is 1. The van der Waals surface area contributed by atoms with Gasteiger partial charge < -0.3 is 56.0 Å². The van der Waals surface area contributed by atoms with Crippen LogP contribution in [0.3, 0.4) is 0 Å². The molecule has 5 rings (SSSR count). The van der Waals surface area contributed by atoms with Crippen LogP contribution in [0.5, 0.6) is 0 Å². The molecule has 0 radical (unpaired) electrons. The van der Waals surface area contributed by atoms with Gasteiger partial charge in [0.25, 0.3) is 0 Å². The van der Waals surface area contributed by atoms with E-state index in [0.29, 0.717) is 6.42 Å². The maximum atomic E-state index is 13.1. The number of aromatic nitrogens is 4. The van der Waals surface area contributed by atoms with Gasteiger partial charge in [0.2, 0.25) is 11.8 Å². The van der Waals surface area contributed by atoms with Gasteiger partial charge in [0.05, 0.1) is 25.0 Å². The third kappa shape index (κ3) is 17.7. The zero-order valence-corrected chi connectivity index (χ0v) is 43.8. The quantitative estimate of drug-likeness (QED) is 0.0314. The van der Waals surface area contributed by atoms with Crippen molar-refractivity contribution >= 4 is 64.0 Å². The first kappa shape index (κ1) is 59.8. The van der Waals surface area contributed by atoms with Crippen LogP contribution in [-0.4, -0.2) is 129 Å². The zero-order chi connectivity index (χ0) is 54.0. The first-order valence-corrected chi connectivity index (χ1v) is 28.3. The molecule has 1 aliphatic heterocycles. The second-order valence-electron chi connectivity index (χ2n) is 19.8. The summed E-state index contributed by atoms with van der Waals surface area (Å²) >= 11 is 0. The Morgan fingerprint density at radius 1 is 0.904 bits per heavy atom. The number of unbranched alkanes of at least 4 members (excludes halogenated alkanes) is 3. The van der Waals surface area contributed by atoms with Gasteiger partial charge in [-0.25, -0.2) is 28.6 Å². The molecular weight excluding hydrogens is 1020 g/mol. The van der Waals surface area contributed by atoms with Crippen molar-refractivity contribution < 1.29 is 90.4 Å². The predicted molar refractivity (Wildman–Crippen MR) is 259 cm³/mol. The lowest BCUT2D eigenvalue weighted by Gasteiger charge is -2.30. The number of aliphatic hydroxyl groups excluding tert-OH is 2. The number of nitrogens with two attached hydrogens (primary N) is 1. The smallest absolute Gasteiger partial charge is 0.481 e. The highest BCUT2D eigenvalue weighted by Crippen LogP contribution is 2.61. The Kier molecular flexibility index (Phi) is 20.6. The summed E-state index contributed by atoms with van der Waals surface area (Å²) in [5.74, 6) is -2.17. The van der Waals surface area contributed by atoms with Crippen LogP contribution >= 0.6 is 23.5 Å². The number of nitrogens with one attached hydrogen (secondary N) is 2. The number of aryl methyl sites for hydroxylation is 2. The van der Waals surface area contributed by atoms with Crippen molar-refractivity contribution in [1.82, 2.24) is 30.2 Å². The molecule has 0 spiro atoms. The summed E-state index contributed by atoms with van der Waals surface area (Å²) in [6.07, 6.45) is 2.66. The molecule has 2 amide bonds. The van der Waals surface area contributed by atoms with Crippen molar-refractivity contribution in [2.75, 3.05) is 32.0 Å². The molecule has 2 fully saturated rings. The average Bonchev–Trinajstić information content (AvgIpc) is 3.88. The Morgan fingerprint density at radius 3 is 2.19 bits per heavy atom. The molecule has 408 valence electrons. The summed E-state index contributed by atoms with van der Waals surface area (Å²) in [4.78, 5) is 101. The normalized spacial score (nSPS) is 21.0. The van der Waals surface area contributed by atoms with Gasteiger partial charge >= 0.3 is 29.4 Å². The molecule has 26 nitrogen and oxygen atoms in total. The predicted octanol–water partition coefficient (Wildman–Crippen LogP) is 3.77. The van der Waals surface area contributed by atoms with Crippen LogP contribution in [0.4, 0.5) is 5.82 Å². The molecule has 3 heterocycles. The molecule has 11 N–H and O–H groups in total. The lowest BCUT2D eigenvalue weighted by atomic mass is 9.87. The molecule has 29 heteroatoms. The maximum absolute atomic E-state index is 13.1. The maximum Gasteiger partial charge on any atom is 0.481 e. The number of nitrogen functional groups attached to an aromatic ring is 1. The molecule has 7 atom stereocenters. The van der Waals surface area contributed by atoms with Crippen molar-refractivity contribution in [3.05, 3.63) is 48.0 Å². The fourth-order valence-corrected chi connectivity index (χ4v) is 11.1. The summed E-state index contributed by atoms with van der Waals surface area (Å²) in [5.41, 5.74) is 5.68. The lowest BCUT2D eigenvalue weighted by Crippen LogP contribution is -2.46. The fourth-order valence-electron chi connectivity index (χ4n) is 8.25. The van der Waals surface area contributed by atoms with Crippen molar-refractivity contribution in [2.24, 2.45) is 16.2 Å². The minimum atomic E-state index is -5.60. The number of benzene rings is 1. The molecule has 2 aliphatic rings. The number of carboxylic acid groups (broad SMARTS) is 1. The van der Waals surface area contributed by atoms with Crippen molar-refractivity contribution in [3.8, 4) is 0 Å². The van der Waals surface area contributed by atoms with Gasteiger partial charge in [-0.3, -0.25) is 37.3 Å². The summed E-state index contributed by atoms with van der Waals surface area (Å²) in [5, 5.41) is 36.0. The monoisotopic (exact) mass is 1090 g/mol. The van der Waals surface area contributed by atoms with Crippen LogP contribution in [0.15, 0.2) is 36.9 Å². The van der Waals surface area contributed by atoms with Gasteiger partial charge in [-0.15, -0.1) is 0 Å². The number of aliphatic hydroxyl groups is 2. The Hall–Kier alpha value is -4.10. The second kappa shape index (κ2) is 25.2. The number of rotatable bonds is 32. The highest BCUT2D eigenvalue weighted by atomic mass is 31.3. The summed E-state index contributed by atoms with van der Waals surface area (Å²) in [6, 6.07) is 8.50. The van der Waals surface area contributed by atoms with E-state index in [4.69, 9.17) is 19.5 Å². The number of Topliss-reactive ketones (excluding diaryl/α,β-unsaturated/α-hetero) is 1. The zero-order valence-electron chi connectivity index (χ0n) is 41.1. The number of carboxylic acids is 1. The molecule has 1 saturated carbocycles. The number of nitrogens with zero attached hydrogens (tertiary/aromatic N) is 4. The molecule has 3 aromatic rings. The fraction of sp³-hybridized carbons (Fsp3) is 0.659. The largest absolute Gasteiger partial charge is 0.481 e. The first-order chi connectivity index (χ1) is 34.0. The van der Waals surface area contributed by atoms with Crippen LogP contribution in [0.2, 0.25) is 0 Å². The number of aliphatic carboxylic acids is 1. The third-order valence-electron chi connectivity index (χ3n) is 12.9. The number of imidazole rings is 1.